The lowest BCUT2D eigenvalue weighted by Crippen LogP contribution is -2.41. The molecule has 3 unspecified atom stereocenters. The van der Waals surface area contributed by atoms with Gasteiger partial charge in [-0.05, 0) is 43.1 Å². The molecule has 0 aromatic rings. The van der Waals surface area contributed by atoms with Crippen LogP contribution in [0.1, 0.15) is 73.1 Å². The Labute approximate surface area is 109 Å². The minimum absolute atomic E-state index is 0.554. The molecule has 1 fully saturated rings. The molecule has 0 aromatic heterocycles. The van der Waals surface area contributed by atoms with Gasteiger partial charge in [-0.2, -0.15) is 0 Å². The first-order valence-corrected chi connectivity index (χ1v) is 7.74. The quantitative estimate of drug-likeness (QED) is 0.683. The second-order valence-electron chi connectivity index (χ2n) is 6.78. The third kappa shape index (κ3) is 4.28. The first-order valence-electron chi connectivity index (χ1n) is 7.74. The fourth-order valence-electron chi connectivity index (χ4n) is 3.80. The highest BCUT2D eigenvalue weighted by molar-refractivity contribution is 4.92. The first kappa shape index (κ1) is 15.0. The van der Waals surface area contributed by atoms with E-state index in [1.54, 1.807) is 0 Å². The van der Waals surface area contributed by atoms with E-state index in [-0.39, 0.29) is 0 Å². The summed E-state index contributed by atoms with van der Waals surface area (Å²) in [5.74, 6) is 1.77. The van der Waals surface area contributed by atoms with Crippen LogP contribution in [0.3, 0.4) is 0 Å². The van der Waals surface area contributed by atoms with Crippen LogP contribution in [-0.2, 0) is 0 Å². The highest BCUT2D eigenvalue weighted by Crippen LogP contribution is 2.45. The number of nitrogens with one attached hydrogen (secondary N) is 1. The lowest BCUT2D eigenvalue weighted by Gasteiger charge is -2.36. The zero-order valence-electron chi connectivity index (χ0n) is 12.7. The summed E-state index contributed by atoms with van der Waals surface area (Å²) < 4.78 is 0. The molecule has 0 spiro atoms. The van der Waals surface area contributed by atoms with Crippen LogP contribution in [0.2, 0.25) is 0 Å². The summed E-state index contributed by atoms with van der Waals surface area (Å²) in [7, 11) is 0. The highest BCUT2D eigenvalue weighted by Gasteiger charge is 2.39. The maximum Gasteiger partial charge on any atom is 0.0103 e. The minimum Gasteiger partial charge on any atom is -0.314 e. The van der Waals surface area contributed by atoms with E-state index in [1.165, 1.54) is 38.5 Å². The van der Waals surface area contributed by atoms with E-state index in [2.05, 4.69) is 39.9 Å². The summed E-state index contributed by atoms with van der Waals surface area (Å²) in [6, 6.07) is 0.749. The van der Waals surface area contributed by atoms with Crippen molar-refractivity contribution in [1.29, 1.82) is 0 Å². The molecule has 0 aromatic carbocycles. The van der Waals surface area contributed by atoms with Crippen LogP contribution in [0.4, 0.5) is 0 Å². The standard InChI is InChI=1S/C16H33N/c1-6-9-13(3)12-15(17-7-2)14-10-8-11-16(14,4)5/h13-15,17H,6-12H2,1-5H3. The SMILES string of the molecule is CCCC(C)CC(NCC)C1CCCC1(C)C. The van der Waals surface area contributed by atoms with Gasteiger partial charge in [0.1, 0.15) is 0 Å². The van der Waals surface area contributed by atoms with Gasteiger partial charge < -0.3 is 5.32 Å². The summed E-state index contributed by atoms with van der Waals surface area (Å²) in [4.78, 5) is 0. The first-order chi connectivity index (χ1) is 8.01. The second kappa shape index (κ2) is 6.78. The van der Waals surface area contributed by atoms with E-state index in [9.17, 15) is 0 Å². The molecule has 1 aliphatic carbocycles. The van der Waals surface area contributed by atoms with Gasteiger partial charge in [0.05, 0.1) is 0 Å². The van der Waals surface area contributed by atoms with E-state index in [0.29, 0.717) is 5.41 Å². The molecule has 1 saturated carbocycles. The van der Waals surface area contributed by atoms with E-state index in [4.69, 9.17) is 0 Å². The van der Waals surface area contributed by atoms with E-state index >= 15 is 0 Å². The molecule has 17 heavy (non-hydrogen) atoms. The van der Waals surface area contributed by atoms with Crippen molar-refractivity contribution in [1.82, 2.24) is 5.32 Å². The van der Waals surface area contributed by atoms with Crippen molar-refractivity contribution in [2.45, 2.75) is 79.2 Å². The molecule has 1 N–H and O–H groups in total. The molecule has 1 heteroatoms. The third-order valence-electron chi connectivity index (χ3n) is 4.73. The molecule has 1 nitrogen and oxygen atoms in total. The van der Waals surface area contributed by atoms with Gasteiger partial charge in [-0.25, -0.2) is 0 Å². The minimum atomic E-state index is 0.554. The van der Waals surface area contributed by atoms with Crippen molar-refractivity contribution < 1.29 is 0 Å². The molecular formula is C16H33N. The van der Waals surface area contributed by atoms with Crippen molar-refractivity contribution in [3.8, 4) is 0 Å². The van der Waals surface area contributed by atoms with Gasteiger partial charge >= 0.3 is 0 Å². The van der Waals surface area contributed by atoms with Crippen molar-refractivity contribution >= 4 is 0 Å². The highest BCUT2D eigenvalue weighted by atomic mass is 14.9. The average molecular weight is 239 g/mol. The summed E-state index contributed by atoms with van der Waals surface area (Å²) in [5.41, 5.74) is 0.554. The summed E-state index contributed by atoms with van der Waals surface area (Å²) >= 11 is 0. The Hall–Kier alpha value is -0.0400. The lowest BCUT2D eigenvalue weighted by atomic mass is 9.75. The Morgan fingerprint density at radius 3 is 2.47 bits per heavy atom. The predicted octanol–water partition coefficient (Wildman–Crippen LogP) is 4.62. The molecular weight excluding hydrogens is 206 g/mol. The lowest BCUT2D eigenvalue weighted by molar-refractivity contribution is 0.176. The number of hydrogen-bond acceptors (Lipinski definition) is 1. The Morgan fingerprint density at radius 1 is 1.29 bits per heavy atom. The van der Waals surface area contributed by atoms with Crippen LogP contribution in [0.25, 0.3) is 0 Å². The average Bonchev–Trinajstić information content (AvgIpc) is 2.58. The van der Waals surface area contributed by atoms with Gasteiger partial charge in [-0.15, -0.1) is 0 Å². The topological polar surface area (TPSA) is 12.0 Å². The summed E-state index contributed by atoms with van der Waals surface area (Å²) in [6.07, 6.45) is 8.37. The summed E-state index contributed by atoms with van der Waals surface area (Å²) in [6.45, 7) is 13.0. The predicted molar refractivity (Wildman–Crippen MR) is 77.3 cm³/mol. The smallest absolute Gasteiger partial charge is 0.0103 e. The van der Waals surface area contributed by atoms with E-state index in [1.807, 2.05) is 0 Å². The Bertz CT molecular complexity index is 210. The van der Waals surface area contributed by atoms with Crippen molar-refractivity contribution in [3.05, 3.63) is 0 Å². The van der Waals surface area contributed by atoms with Crippen LogP contribution in [0.15, 0.2) is 0 Å². The van der Waals surface area contributed by atoms with Crippen LogP contribution in [0.5, 0.6) is 0 Å². The Balaban J connectivity index is 2.58. The van der Waals surface area contributed by atoms with E-state index in [0.717, 1.165) is 24.4 Å². The number of rotatable bonds is 7. The van der Waals surface area contributed by atoms with Crippen molar-refractivity contribution in [2.24, 2.45) is 17.3 Å². The molecule has 0 aliphatic heterocycles. The fraction of sp³-hybridized carbons (Fsp3) is 1.00. The summed E-state index contributed by atoms with van der Waals surface area (Å²) in [5, 5.41) is 3.77. The molecule has 102 valence electrons. The van der Waals surface area contributed by atoms with E-state index < -0.39 is 0 Å². The zero-order chi connectivity index (χ0) is 12.9. The van der Waals surface area contributed by atoms with Crippen LogP contribution < -0.4 is 5.32 Å². The molecule has 0 radical (unpaired) electrons. The molecule has 1 aliphatic rings. The normalized spacial score (nSPS) is 27.0. The van der Waals surface area contributed by atoms with Gasteiger partial charge in [-0.3, -0.25) is 0 Å². The van der Waals surface area contributed by atoms with Gasteiger partial charge in [0, 0.05) is 6.04 Å². The molecule has 0 saturated heterocycles. The van der Waals surface area contributed by atoms with Crippen LogP contribution in [0, 0.1) is 17.3 Å². The monoisotopic (exact) mass is 239 g/mol. The number of hydrogen-bond donors (Lipinski definition) is 1. The molecule has 0 heterocycles. The van der Waals surface area contributed by atoms with Gasteiger partial charge in [0.25, 0.3) is 0 Å². The maximum atomic E-state index is 3.77. The van der Waals surface area contributed by atoms with Crippen molar-refractivity contribution in [3.63, 3.8) is 0 Å². The molecule has 1 rings (SSSR count). The van der Waals surface area contributed by atoms with Gasteiger partial charge in [0.15, 0.2) is 0 Å². The molecule has 0 amide bonds. The second-order valence-corrected chi connectivity index (χ2v) is 6.78. The largest absolute Gasteiger partial charge is 0.314 e. The third-order valence-corrected chi connectivity index (χ3v) is 4.73. The Morgan fingerprint density at radius 2 is 2.00 bits per heavy atom. The van der Waals surface area contributed by atoms with Crippen LogP contribution in [-0.4, -0.2) is 12.6 Å². The van der Waals surface area contributed by atoms with Gasteiger partial charge in [-0.1, -0.05) is 53.9 Å². The maximum absolute atomic E-state index is 3.77. The zero-order valence-corrected chi connectivity index (χ0v) is 12.7. The van der Waals surface area contributed by atoms with Crippen LogP contribution >= 0.6 is 0 Å². The Kier molecular flexibility index (Phi) is 5.99. The van der Waals surface area contributed by atoms with Gasteiger partial charge in [0.2, 0.25) is 0 Å². The van der Waals surface area contributed by atoms with Crippen molar-refractivity contribution in [2.75, 3.05) is 6.54 Å². The fourth-order valence-corrected chi connectivity index (χ4v) is 3.80. The molecule has 0 bridgehead atoms. The molecule has 3 atom stereocenters.